The molecule has 0 bridgehead atoms. The van der Waals surface area contributed by atoms with E-state index in [-0.39, 0.29) is 29.4 Å². The first-order valence-corrected chi connectivity index (χ1v) is 6.82. The summed E-state index contributed by atoms with van der Waals surface area (Å²) in [5.74, 6) is -0.0364. The van der Waals surface area contributed by atoms with Gasteiger partial charge in [-0.1, -0.05) is 0 Å². The molecule has 0 aromatic heterocycles. The standard InChI is InChI=1S/C14H19N3O4/c1-9-10(2)16(7-6-15-9)14(18)11-4-5-12(17(19)20)13(8-11)21-3/h4-5,8-10,15H,6-7H2,1-3H3. The van der Waals surface area contributed by atoms with Gasteiger partial charge < -0.3 is 15.0 Å². The Hall–Kier alpha value is -2.15. The van der Waals surface area contributed by atoms with Crippen LogP contribution < -0.4 is 10.1 Å². The number of hydrogen-bond acceptors (Lipinski definition) is 5. The fraction of sp³-hybridized carbons (Fsp3) is 0.500. The summed E-state index contributed by atoms with van der Waals surface area (Å²) in [7, 11) is 1.35. The minimum Gasteiger partial charge on any atom is -0.490 e. The zero-order valence-corrected chi connectivity index (χ0v) is 12.3. The Balaban J connectivity index is 2.29. The number of methoxy groups -OCH3 is 1. The number of benzene rings is 1. The summed E-state index contributed by atoms with van der Waals surface area (Å²) in [6.07, 6.45) is 0. The number of piperazine rings is 1. The predicted molar refractivity (Wildman–Crippen MR) is 77.6 cm³/mol. The monoisotopic (exact) mass is 293 g/mol. The first-order chi connectivity index (χ1) is 9.95. The van der Waals surface area contributed by atoms with Crippen molar-refractivity contribution in [2.24, 2.45) is 0 Å². The lowest BCUT2D eigenvalue weighted by Crippen LogP contribution is -2.57. The normalized spacial score (nSPS) is 22.0. The van der Waals surface area contributed by atoms with Gasteiger partial charge in [-0.05, 0) is 19.9 Å². The van der Waals surface area contributed by atoms with Gasteiger partial charge in [0, 0.05) is 42.9 Å². The van der Waals surface area contributed by atoms with Crippen LogP contribution in [-0.4, -0.2) is 48.0 Å². The molecule has 1 aliphatic rings. The Morgan fingerprint density at radius 1 is 1.48 bits per heavy atom. The zero-order chi connectivity index (χ0) is 15.6. The number of rotatable bonds is 3. The van der Waals surface area contributed by atoms with E-state index in [1.165, 1.54) is 25.3 Å². The van der Waals surface area contributed by atoms with Gasteiger partial charge in [0.15, 0.2) is 5.75 Å². The van der Waals surface area contributed by atoms with Crippen molar-refractivity contribution < 1.29 is 14.5 Å². The van der Waals surface area contributed by atoms with Gasteiger partial charge >= 0.3 is 5.69 Å². The molecule has 1 aliphatic heterocycles. The van der Waals surface area contributed by atoms with E-state index in [1.807, 2.05) is 13.8 Å². The van der Waals surface area contributed by atoms with Crippen LogP contribution in [0.25, 0.3) is 0 Å². The Morgan fingerprint density at radius 3 is 2.81 bits per heavy atom. The van der Waals surface area contributed by atoms with Crippen molar-refractivity contribution in [3.8, 4) is 5.75 Å². The number of ether oxygens (including phenoxy) is 1. The number of carbonyl (C=O) groups is 1. The quantitative estimate of drug-likeness (QED) is 0.673. The zero-order valence-electron chi connectivity index (χ0n) is 12.3. The van der Waals surface area contributed by atoms with Crippen LogP contribution >= 0.6 is 0 Å². The van der Waals surface area contributed by atoms with E-state index < -0.39 is 4.92 Å². The van der Waals surface area contributed by atoms with Crippen LogP contribution in [0.5, 0.6) is 5.75 Å². The SMILES string of the molecule is COc1cc(C(=O)N2CCNC(C)C2C)ccc1[N+](=O)[O-]. The highest BCUT2D eigenvalue weighted by Crippen LogP contribution is 2.28. The predicted octanol–water partition coefficient (Wildman–Crippen LogP) is 1.43. The first-order valence-electron chi connectivity index (χ1n) is 6.82. The van der Waals surface area contributed by atoms with Crippen LogP contribution in [0.2, 0.25) is 0 Å². The van der Waals surface area contributed by atoms with Crippen molar-refractivity contribution in [3.05, 3.63) is 33.9 Å². The Kier molecular flexibility index (Phi) is 4.42. The number of nitrogens with one attached hydrogen (secondary N) is 1. The van der Waals surface area contributed by atoms with E-state index in [1.54, 1.807) is 4.90 Å². The van der Waals surface area contributed by atoms with Crippen molar-refractivity contribution in [3.63, 3.8) is 0 Å². The molecular weight excluding hydrogens is 274 g/mol. The molecule has 0 aliphatic carbocycles. The highest BCUT2D eigenvalue weighted by atomic mass is 16.6. The van der Waals surface area contributed by atoms with Crippen molar-refractivity contribution in [1.82, 2.24) is 10.2 Å². The Labute approximate surface area is 123 Å². The second-order valence-electron chi connectivity index (χ2n) is 5.13. The molecule has 21 heavy (non-hydrogen) atoms. The van der Waals surface area contributed by atoms with E-state index in [2.05, 4.69) is 5.32 Å². The molecular formula is C14H19N3O4. The molecule has 7 heteroatoms. The summed E-state index contributed by atoms with van der Waals surface area (Å²) in [4.78, 5) is 24.7. The minimum absolute atomic E-state index is 0.0624. The summed E-state index contributed by atoms with van der Waals surface area (Å²) in [6.45, 7) is 5.36. The van der Waals surface area contributed by atoms with E-state index >= 15 is 0 Å². The van der Waals surface area contributed by atoms with Crippen LogP contribution in [0.1, 0.15) is 24.2 Å². The van der Waals surface area contributed by atoms with Gasteiger partial charge in [-0.2, -0.15) is 0 Å². The summed E-state index contributed by atoms with van der Waals surface area (Å²) in [5.41, 5.74) is 0.258. The van der Waals surface area contributed by atoms with Crippen molar-refractivity contribution in [2.45, 2.75) is 25.9 Å². The molecule has 2 unspecified atom stereocenters. The van der Waals surface area contributed by atoms with Crippen molar-refractivity contribution in [1.29, 1.82) is 0 Å². The van der Waals surface area contributed by atoms with Crippen LogP contribution in [0, 0.1) is 10.1 Å². The topological polar surface area (TPSA) is 84.7 Å². The fourth-order valence-electron chi connectivity index (χ4n) is 2.47. The molecule has 0 radical (unpaired) electrons. The third kappa shape index (κ3) is 2.97. The maximum atomic E-state index is 12.6. The highest BCUT2D eigenvalue weighted by Gasteiger charge is 2.29. The molecule has 7 nitrogen and oxygen atoms in total. The van der Waals surface area contributed by atoms with Crippen LogP contribution in [0.15, 0.2) is 18.2 Å². The average molecular weight is 293 g/mol. The number of nitrogens with zero attached hydrogens (tertiary/aromatic N) is 2. The molecule has 0 spiro atoms. The number of nitro benzene ring substituents is 1. The highest BCUT2D eigenvalue weighted by molar-refractivity contribution is 5.95. The first kappa shape index (κ1) is 15.2. The van der Waals surface area contributed by atoms with E-state index in [4.69, 9.17) is 4.74 Å². The van der Waals surface area contributed by atoms with Gasteiger partial charge in [0.25, 0.3) is 5.91 Å². The maximum absolute atomic E-state index is 12.6. The molecule has 2 rings (SSSR count). The van der Waals surface area contributed by atoms with Gasteiger partial charge in [0.05, 0.1) is 12.0 Å². The number of hydrogen-bond donors (Lipinski definition) is 1. The molecule has 1 fully saturated rings. The van der Waals surface area contributed by atoms with Crippen molar-refractivity contribution in [2.75, 3.05) is 20.2 Å². The van der Waals surface area contributed by atoms with Crippen LogP contribution in [0.3, 0.4) is 0 Å². The molecule has 1 heterocycles. The van der Waals surface area contributed by atoms with E-state index in [0.29, 0.717) is 12.1 Å². The van der Waals surface area contributed by atoms with Crippen molar-refractivity contribution >= 4 is 11.6 Å². The summed E-state index contributed by atoms with van der Waals surface area (Å²) >= 11 is 0. The molecule has 2 atom stereocenters. The van der Waals surface area contributed by atoms with Gasteiger partial charge in [0.1, 0.15) is 0 Å². The van der Waals surface area contributed by atoms with Gasteiger partial charge in [-0.15, -0.1) is 0 Å². The summed E-state index contributed by atoms with van der Waals surface area (Å²) in [6, 6.07) is 4.49. The molecule has 0 saturated carbocycles. The molecule has 114 valence electrons. The molecule has 1 aromatic carbocycles. The Morgan fingerprint density at radius 2 is 2.19 bits per heavy atom. The summed E-state index contributed by atoms with van der Waals surface area (Å²) in [5, 5.41) is 14.2. The number of carbonyl (C=O) groups excluding carboxylic acids is 1. The third-order valence-electron chi connectivity index (χ3n) is 3.92. The smallest absolute Gasteiger partial charge is 0.310 e. The van der Waals surface area contributed by atoms with Crippen LogP contribution in [-0.2, 0) is 0 Å². The lowest BCUT2D eigenvalue weighted by Gasteiger charge is -2.38. The molecule has 1 amide bonds. The molecule has 1 N–H and O–H groups in total. The average Bonchev–Trinajstić information content (AvgIpc) is 2.48. The second kappa shape index (κ2) is 6.09. The van der Waals surface area contributed by atoms with E-state index in [9.17, 15) is 14.9 Å². The number of nitro groups is 1. The third-order valence-corrected chi connectivity index (χ3v) is 3.92. The lowest BCUT2D eigenvalue weighted by molar-refractivity contribution is -0.385. The van der Waals surface area contributed by atoms with Gasteiger partial charge in [0.2, 0.25) is 0 Å². The fourth-order valence-corrected chi connectivity index (χ4v) is 2.47. The molecule has 1 aromatic rings. The summed E-state index contributed by atoms with van der Waals surface area (Å²) < 4.78 is 5.01. The minimum atomic E-state index is -0.525. The Bertz CT molecular complexity index is 561. The largest absolute Gasteiger partial charge is 0.490 e. The maximum Gasteiger partial charge on any atom is 0.310 e. The van der Waals surface area contributed by atoms with E-state index in [0.717, 1.165) is 6.54 Å². The molecule has 1 saturated heterocycles. The van der Waals surface area contributed by atoms with Gasteiger partial charge in [-0.25, -0.2) is 0 Å². The van der Waals surface area contributed by atoms with Gasteiger partial charge in [-0.3, -0.25) is 14.9 Å². The number of amides is 1. The lowest BCUT2D eigenvalue weighted by atomic mass is 10.0. The second-order valence-corrected chi connectivity index (χ2v) is 5.13. The van der Waals surface area contributed by atoms with Crippen LogP contribution in [0.4, 0.5) is 5.69 Å².